The van der Waals surface area contributed by atoms with Gasteiger partial charge in [-0.1, -0.05) is 5.92 Å². The van der Waals surface area contributed by atoms with Gasteiger partial charge < -0.3 is 15.1 Å². The monoisotopic (exact) mass is 263 g/mol. The number of amides is 3. The Bertz CT molecular complexity index is 398. The molecule has 0 aromatic heterocycles. The summed E-state index contributed by atoms with van der Waals surface area (Å²) in [4.78, 5) is 27.6. The molecule has 0 aromatic rings. The third-order valence-corrected chi connectivity index (χ3v) is 3.61. The molecule has 2 aliphatic rings. The Kier molecular flexibility index (Phi) is 4.31. The molecule has 1 saturated heterocycles. The van der Waals surface area contributed by atoms with Crippen molar-refractivity contribution in [3.8, 4) is 12.3 Å². The first kappa shape index (κ1) is 13.7. The van der Waals surface area contributed by atoms with Crippen LogP contribution < -0.4 is 5.32 Å². The summed E-state index contributed by atoms with van der Waals surface area (Å²) in [5, 5.41) is 2.75. The third kappa shape index (κ3) is 3.63. The molecular formula is C14H21N3O2. The molecular weight excluding hydrogens is 242 g/mol. The van der Waals surface area contributed by atoms with Gasteiger partial charge in [0.25, 0.3) is 0 Å². The second-order valence-electron chi connectivity index (χ2n) is 5.28. The highest BCUT2D eigenvalue weighted by Crippen LogP contribution is 2.31. The van der Waals surface area contributed by atoms with E-state index >= 15 is 0 Å². The van der Waals surface area contributed by atoms with Crippen molar-refractivity contribution in [3.63, 3.8) is 0 Å². The molecule has 1 aliphatic heterocycles. The van der Waals surface area contributed by atoms with Crippen molar-refractivity contribution in [2.75, 3.05) is 26.2 Å². The zero-order valence-corrected chi connectivity index (χ0v) is 11.4. The number of hydrogen-bond donors (Lipinski definition) is 1. The number of carbonyl (C=O) groups is 2. The van der Waals surface area contributed by atoms with Crippen LogP contribution in [-0.2, 0) is 4.79 Å². The number of rotatable bonds is 2. The number of hydrogen-bond acceptors (Lipinski definition) is 2. The number of urea groups is 1. The Morgan fingerprint density at radius 3 is 2.47 bits per heavy atom. The van der Waals surface area contributed by atoms with Gasteiger partial charge in [-0.3, -0.25) is 4.79 Å². The Morgan fingerprint density at radius 1 is 1.21 bits per heavy atom. The van der Waals surface area contributed by atoms with Crippen LogP contribution in [0.4, 0.5) is 4.79 Å². The van der Waals surface area contributed by atoms with Crippen LogP contribution in [0, 0.1) is 18.3 Å². The lowest BCUT2D eigenvalue weighted by molar-refractivity contribution is -0.132. The largest absolute Gasteiger partial charge is 0.341 e. The fraction of sp³-hybridized carbons (Fsp3) is 0.714. The molecule has 0 unspecified atom stereocenters. The maximum Gasteiger partial charge on any atom is 0.318 e. The molecule has 1 saturated carbocycles. The number of carbonyl (C=O) groups excluding carboxylic acids is 2. The first-order valence-electron chi connectivity index (χ1n) is 6.92. The Balaban J connectivity index is 1.84. The lowest BCUT2D eigenvalue weighted by Gasteiger charge is -2.23. The van der Waals surface area contributed by atoms with Crippen LogP contribution in [0.5, 0.6) is 0 Å². The topological polar surface area (TPSA) is 52.7 Å². The zero-order valence-electron chi connectivity index (χ0n) is 11.4. The fourth-order valence-corrected chi connectivity index (χ4v) is 2.25. The van der Waals surface area contributed by atoms with E-state index in [0.29, 0.717) is 19.6 Å². The molecule has 5 nitrogen and oxygen atoms in total. The average Bonchev–Trinajstić information content (AvgIpc) is 3.23. The van der Waals surface area contributed by atoms with Crippen molar-refractivity contribution >= 4 is 11.9 Å². The molecule has 0 radical (unpaired) electrons. The quantitative estimate of drug-likeness (QED) is 0.744. The molecule has 1 aliphatic carbocycles. The highest BCUT2D eigenvalue weighted by Gasteiger charge is 2.34. The highest BCUT2D eigenvalue weighted by molar-refractivity contribution is 5.81. The fourth-order valence-electron chi connectivity index (χ4n) is 2.25. The van der Waals surface area contributed by atoms with E-state index in [2.05, 4.69) is 11.2 Å². The number of nitrogens with one attached hydrogen (secondary N) is 1. The standard InChI is InChI=1S/C14H21N3O2/c1-3-11(2)15-14(19)17-8-4-7-16(9-10-17)13(18)12-5-6-12/h1,11-12H,4-10H2,2H3,(H,15,19)/t11-/m0/s1. The number of nitrogens with zero attached hydrogens (tertiary/aromatic N) is 2. The van der Waals surface area contributed by atoms with E-state index in [-0.39, 0.29) is 23.9 Å². The average molecular weight is 263 g/mol. The Labute approximate surface area is 114 Å². The van der Waals surface area contributed by atoms with Crippen LogP contribution in [0.1, 0.15) is 26.2 Å². The first-order valence-corrected chi connectivity index (χ1v) is 6.92. The molecule has 1 atom stereocenters. The Morgan fingerprint density at radius 2 is 1.84 bits per heavy atom. The van der Waals surface area contributed by atoms with Gasteiger partial charge in [0.2, 0.25) is 5.91 Å². The van der Waals surface area contributed by atoms with Crippen molar-refractivity contribution in [3.05, 3.63) is 0 Å². The van der Waals surface area contributed by atoms with Crippen LogP contribution in [0.2, 0.25) is 0 Å². The van der Waals surface area contributed by atoms with E-state index in [9.17, 15) is 9.59 Å². The van der Waals surface area contributed by atoms with Gasteiger partial charge in [0, 0.05) is 32.1 Å². The van der Waals surface area contributed by atoms with Gasteiger partial charge in [-0.2, -0.15) is 0 Å². The predicted molar refractivity (Wildman–Crippen MR) is 72.3 cm³/mol. The highest BCUT2D eigenvalue weighted by atomic mass is 16.2. The second kappa shape index (κ2) is 5.96. The summed E-state index contributed by atoms with van der Waals surface area (Å²) in [5.74, 6) is 2.99. The summed E-state index contributed by atoms with van der Waals surface area (Å²) in [6, 6.07) is -0.397. The molecule has 19 heavy (non-hydrogen) atoms. The molecule has 1 N–H and O–H groups in total. The molecule has 0 aromatic carbocycles. The summed E-state index contributed by atoms with van der Waals surface area (Å²) >= 11 is 0. The van der Waals surface area contributed by atoms with Crippen molar-refractivity contribution in [2.45, 2.75) is 32.2 Å². The van der Waals surface area contributed by atoms with Crippen LogP contribution in [0.25, 0.3) is 0 Å². The van der Waals surface area contributed by atoms with E-state index in [1.165, 1.54) is 0 Å². The molecule has 3 amide bonds. The van der Waals surface area contributed by atoms with E-state index in [0.717, 1.165) is 25.8 Å². The summed E-state index contributed by atoms with van der Waals surface area (Å²) in [6.45, 7) is 4.43. The van der Waals surface area contributed by atoms with E-state index in [1.54, 1.807) is 11.8 Å². The zero-order chi connectivity index (χ0) is 13.8. The van der Waals surface area contributed by atoms with Crippen molar-refractivity contribution in [1.29, 1.82) is 0 Å². The maximum atomic E-state index is 12.0. The van der Waals surface area contributed by atoms with Gasteiger partial charge in [-0.15, -0.1) is 6.42 Å². The lowest BCUT2D eigenvalue weighted by Crippen LogP contribution is -2.45. The minimum absolute atomic E-state index is 0.133. The van der Waals surface area contributed by atoms with Crippen molar-refractivity contribution in [2.24, 2.45) is 5.92 Å². The molecule has 5 heteroatoms. The molecule has 104 valence electrons. The van der Waals surface area contributed by atoms with Crippen LogP contribution >= 0.6 is 0 Å². The number of terminal acetylenes is 1. The second-order valence-corrected chi connectivity index (χ2v) is 5.28. The summed E-state index contributed by atoms with van der Waals surface area (Å²) < 4.78 is 0. The van der Waals surface area contributed by atoms with E-state index in [4.69, 9.17) is 6.42 Å². The normalized spacial score (nSPS) is 21.3. The van der Waals surface area contributed by atoms with Crippen LogP contribution in [0.15, 0.2) is 0 Å². The molecule has 2 rings (SSSR count). The predicted octanol–water partition coefficient (Wildman–Crippen LogP) is 0.662. The molecule has 2 fully saturated rings. The minimum Gasteiger partial charge on any atom is -0.341 e. The van der Waals surface area contributed by atoms with E-state index < -0.39 is 0 Å². The van der Waals surface area contributed by atoms with E-state index in [1.807, 2.05) is 4.90 Å². The summed E-state index contributed by atoms with van der Waals surface area (Å²) in [7, 11) is 0. The van der Waals surface area contributed by atoms with Crippen LogP contribution in [-0.4, -0.2) is 54.0 Å². The van der Waals surface area contributed by atoms with Gasteiger partial charge in [0.05, 0.1) is 6.04 Å². The van der Waals surface area contributed by atoms with Crippen molar-refractivity contribution in [1.82, 2.24) is 15.1 Å². The summed E-state index contributed by atoms with van der Waals surface area (Å²) in [6.07, 6.45) is 8.13. The first-order chi connectivity index (χ1) is 9.11. The van der Waals surface area contributed by atoms with Gasteiger partial charge in [0.15, 0.2) is 0 Å². The van der Waals surface area contributed by atoms with Gasteiger partial charge in [0.1, 0.15) is 0 Å². The van der Waals surface area contributed by atoms with Gasteiger partial charge in [-0.05, 0) is 26.2 Å². The molecule has 1 heterocycles. The van der Waals surface area contributed by atoms with Gasteiger partial charge in [-0.25, -0.2) is 4.79 Å². The maximum absolute atomic E-state index is 12.0. The molecule has 0 spiro atoms. The van der Waals surface area contributed by atoms with Crippen LogP contribution in [0.3, 0.4) is 0 Å². The smallest absolute Gasteiger partial charge is 0.318 e. The van der Waals surface area contributed by atoms with Crippen molar-refractivity contribution < 1.29 is 9.59 Å². The Hall–Kier alpha value is -1.70. The van der Waals surface area contributed by atoms with Gasteiger partial charge >= 0.3 is 6.03 Å². The molecule has 0 bridgehead atoms. The lowest BCUT2D eigenvalue weighted by atomic mass is 10.3. The SMILES string of the molecule is C#C[C@H](C)NC(=O)N1CCCN(C(=O)C2CC2)CC1. The third-order valence-electron chi connectivity index (χ3n) is 3.61. The minimum atomic E-state index is -0.264. The summed E-state index contributed by atoms with van der Waals surface area (Å²) in [5.41, 5.74) is 0.